The Morgan fingerprint density at radius 3 is 2.38 bits per heavy atom. The van der Waals surface area contributed by atoms with E-state index in [9.17, 15) is 0 Å². The maximum absolute atomic E-state index is 6.15. The van der Waals surface area contributed by atoms with E-state index in [1.54, 1.807) is 0 Å². The summed E-state index contributed by atoms with van der Waals surface area (Å²) >= 11 is 0. The largest absolute Gasteiger partial charge is 0.418 e. The Kier molecular flexibility index (Phi) is 6.72. The molecule has 1 unspecified atom stereocenters. The first-order valence-electron chi connectivity index (χ1n) is 8.95. The van der Waals surface area contributed by atoms with Crippen LogP contribution in [0.5, 0.6) is 0 Å². The van der Waals surface area contributed by atoms with Gasteiger partial charge < -0.3 is 13.9 Å². The lowest BCUT2D eigenvalue weighted by atomic mass is 10.1. The molecular formula is C17H34O3Si. The number of ether oxygens (including phenoxy) is 2. The van der Waals surface area contributed by atoms with Gasteiger partial charge in [-0.2, -0.15) is 0 Å². The molecule has 1 saturated heterocycles. The first-order chi connectivity index (χ1) is 9.99. The van der Waals surface area contributed by atoms with Crippen molar-refractivity contribution in [3.8, 4) is 0 Å². The predicted molar refractivity (Wildman–Crippen MR) is 89.0 cm³/mol. The number of hydrogen-bond acceptors (Lipinski definition) is 3. The van der Waals surface area contributed by atoms with Crippen LogP contribution in [0.4, 0.5) is 0 Å². The van der Waals surface area contributed by atoms with Crippen LogP contribution in [-0.2, 0) is 13.9 Å². The van der Waals surface area contributed by atoms with Gasteiger partial charge in [0.05, 0.1) is 12.7 Å². The summed E-state index contributed by atoms with van der Waals surface area (Å²) in [4.78, 5) is 0. The van der Waals surface area contributed by atoms with Crippen molar-refractivity contribution in [2.24, 2.45) is 0 Å². The summed E-state index contributed by atoms with van der Waals surface area (Å²) in [6.07, 6.45) is 12.7. The van der Waals surface area contributed by atoms with Crippen molar-refractivity contribution in [1.29, 1.82) is 0 Å². The summed E-state index contributed by atoms with van der Waals surface area (Å²) < 4.78 is 17.9. The Balaban J connectivity index is 1.42. The minimum Gasteiger partial charge on any atom is -0.418 e. The molecule has 0 aromatic rings. The van der Waals surface area contributed by atoms with Crippen molar-refractivity contribution >= 4 is 8.32 Å². The Labute approximate surface area is 131 Å². The van der Waals surface area contributed by atoms with Crippen molar-refractivity contribution in [2.45, 2.75) is 95.7 Å². The van der Waals surface area contributed by atoms with E-state index >= 15 is 0 Å². The van der Waals surface area contributed by atoms with Crippen LogP contribution in [0.2, 0.25) is 19.6 Å². The number of unbranched alkanes of at least 4 members (excludes halogenated alkanes) is 4. The minimum absolute atomic E-state index is 0.168. The lowest BCUT2D eigenvalue weighted by Gasteiger charge is -2.21. The fourth-order valence-electron chi connectivity index (χ4n) is 3.32. The van der Waals surface area contributed by atoms with Crippen LogP contribution in [0, 0.1) is 0 Å². The van der Waals surface area contributed by atoms with E-state index in [0.717, 1.165) is 26.1 Å². The average Bonchev–Trinajstić information content (AvgIpc) is 3.02. The third-order valence-corrected chi connectivity index (χ3v) is 5.55. The maximum Gasteiger partial charge on any atom is 0.183 e. The molecule has 1 heterocycles. The van der Waals surface area contributed by atoms with E-state index in [1.807, 2.05) is 0 Å². The van der Waals surface area contributed by atoms with E-state index in [0.29, 0.717) is 6.10 Å². The summed E-state index contributed by atoms with van der Waals surface area (Å²) in [6.45, 7) is 8.55. The van der Waals surface area contributed by atoms with Crippen LogP contribution >= 0.6 is 0 Å². The fourth-order valence-corrected chi connectivity index (χ4v) is 4.07. The summed E-state index contributed by atoms with van der Waals surface area (Å²) in [7, 11) is -1.30. The summed E-state index contributed by atoms with van der Waals surface area (Å²) in [6, 6.07) is 0. The molecule has 2 fully saturated rings. The lowest BCUT2D eigenvalue weighted by molar-refractivity contribution is -0.162. The molecular weight excluding hydrogens is 280 g/mol. The standard InChI is InChI=1S/C17H34O3Si/c1-21(2,3)19-14-10-6-4-5-7-11-16-15-18-17(20-16)12-8-9-13-17/h16H,4-15H2,1-3H3. The van der Waals surface area contributed by atoms with Crippen LogP contribution in [0.1, 0.15) is 64.2 Å². The maximum atomic E-state index is 6.15. The molecule has 0 N–H and O–H groups in total. The zero-order valence-corrected chi connectivity index (χ0v) is 15.3. The van der Waals surface area contributed by atoms with E-state index in [2.05, 4.69) is 19.6 Å². The van der Waals surface area contributed by atoms with E-state index in [-0.39, 0.29) is 5.79 Å². The van der Waals surface area contributed by atoms with Crippen LogP contribution in [0.15, 0.2) is 0 Å². The Hall–Kier alpha value is 0.0969. The Morgan fingerprint density at radius 2 is 1.67 bits per heavy atom. The first kappa shape index (κ1) is 17.5. The van der Waals surface area contributed by atoms with E-state index in [1.165, 1.54) is 51.4 Å². The van der Waals surface area contributed by atoms with Gasteiger partial charge in [-0.3, -0.25) is 0 Å². The minimum atomic E-state index is -1.30. The van der Waals surface area contributed by atoms with Crippen molar-refractivity contribution in [1.82, 2.24) is 0 Å². The molecule has 4 heteroatoms. The van der Waals surface area contributed by atoms with Crippen LogP contribution < -0.4 is 0 Å². The van der Waals surface area contributed by atoms with Gasteiger partial charge in [0, 0.05) is 19.4 Å². The zero-order chi connectivity index (χ0) is 15.2. The topological polar surface area (TPSA) is 27.7 Å². The van der Waals surface area contributed by atoms with Gasteiger partial charge in [0.1, 0.15) is 0 Å². The molecule has 3 nitrogen and oxygen atoms in total. The Morgan fingerprint density at radius 1 is 1.00 bits per heavy atom. The molecule has 0 aromatic heterocycles. The molecule has 1 saturated carbocycles. The number of rotatable bonds is 9. The van der Waals surface area contributed by atoms with Gasteiger partial charge in [-0.05, 0) is 45.3 Å². The van der Waals surface area contributed by atoms with Gasteiger partial charge in [0.25, 0.3) is 0 Å². The summed E-state index contributed by atoms with van der Waals surface area (Å²) in [5.74, 6) is -0.168. The summed E-state index contributed by atoms with van der Waals surface area (Å²) in [5, 5.41) is 0. The highest BCUT2D eigenvalue weighted by Gasteiger charge is 2.43. The quantitative estimate of drug-likeness (QED) is 0.449. The highest BCUT2D eigenvalue weighted by Crippen LogP contribution is 2.40. The molecule has 1 atom stereocenters. The van der Waals surface area contributed by atoms with E-state index in [4.69, 9.17) is 13.9 Å². The van der Waals surface area contributed by atoms with Gasteiger partial charge in [-0.1, -0.05) is 25.7 Å². The molecule has 0 radical (unpaired) electrons. The molecule has 0 bridgehead atoms. The van der Waals surface area contributed by atoms with Gasteiger partial charge >= 0.3 is 0 Å². The third kappa shape index (κ3) is 6.39. The third-order valence-electron chi connectivity index (χ3n) is 4.48. The summed E-state index contributed by atoms with van der Waals surface area (Å²) in [5.41, 5.74) is 0. The second-order valence-electron chi connectivity index (χ2n) is 7.69. The average molecular weight is 315 g/mol. The van der Waals surface area contributed by atoms with Gasteiger partial charge in [0.2, 0.25) is 0 Å². The molecule has 21 heavy (non-hydrogen) atoms. The van der Waals surface area contributed by atoms with Crippen LogP contribution in [-0.4, -0.2) is 33.4 Å². The normalized spacial score (nSPS) is 25.0. The second kappa shape index (κ2) is 8.09. The molecule has 2 rings (SSSR count). The van der Waals surface area contributed by atoms with Crippen molar-refractivity contribution in [3.63, 3.8) is 0 Å². The molecule has 2 aliphatic rings. The highest BCUT2D eigenvalue weighted by atomic mass is 28.4. The van der Waals surface area contributed by atoms with Gasteiger partial charge in [-0.25, -0.2) is 0 Å². The first-order valence-corrected chi connectivity index (χ1v) is 12.4. The van der Waals surface area contributed by atoms with Gasteiger partial charge in [0.15, 0.2) is 14.1 Å². The molecule has 0 amide bonds. The second-order valence-corrected chi connectivity index (χ2v) is 12.2. The highest BCUT2D eigenvalue weighted by molar-refractivity contribution is 6.69. The SMILES string of the molecule is C[Si](C)(C)OCCCCCCCC1COC2(CCCC2)O1. The lowest BCUT2D eigenvalue weighted by Crippen LogP contribution is -2.26. The Bertz CT molecular complexity index is 295. The van der Waals surface area contributed by atoms with Crippen LogP contribution in [0.25, 0.3) is 0 Å². The molecule has 1 spiro atoms. The molecule has 1 aliphatic heterocycles. The van der Waals surface area contributed by atoms with Crippen molar-refractivity contribution in [3.05, 3.63) is 0 Å². The smallest absolute Gasteiger partial charge is 0.183 e. The van der Waals surface area contributed by atoms with E-state index < -0.39 is 8.32 Å². The van der Waals surface area contributed by atoms with Gasteiger partial charge in [-0.15, -0.1) is 0 Å². The zero-order valence-electron chi connectivity index (χ0n) is 14.3. The monoisotopic (exact) mass is 314 g/mol. The van der Waals surface area contributed by atoms with Crippen LogP contribution in [0.3, 0.4) is 0 Å². The number of hydrogen-bond donors (Lipinski definition) is 0. The molecule has 124 valence electrons. The fraction of sp³-hybridized carbons (Fsp3) is 1.00. The van der Waals surface area contributed by atoms with Crippen molar-refractivity contribution < 1.29 is 13.9 Å². The predicted octanol–water partition coefficient (Wildman–Crippen LogP) is 4.86. The molecule has 1 aliphatic carbocycles. The van der Waals surface area contributed by atoms with Crippen molar-refractivity contribution in [2.75, 3.05) is 13.2 Å². The molecule has 0 aromatic carbocycles.